The van der Waals surface area contributed by atoms with E-state index < -0.39 is 0 Å². The van der Waals surface area contributed by atoms with Gasteiger partial charge in [-0.15, -0.1) is 0 Å². The molecule has 1 saturated heterocycles. The number of urea groups is 1. The predicted octanol–water partition coefficient (Wildman–Crippen LogP) is 2.05. The molecule has 0 unspecified atom stereocenters. The van der Waals surface area contributed by atoms with Gasteiger partial charge in [-0.2, -0.15) is 0 Å². The van der Waals surface area contributed by atoms with E-state index in [1.54, 1.807) is 16.7 Å². The molecule has 0 aromatic rings. The Morgan fingerprint density at radius 3 is 2.45 bits per heavy atom. The minimum atomic E-state index is -0.256. The number of carbonyl (C=O) groups is 2. The Morgan fingerprint density at radius 2 is 1.95 bits per heavy atom. The monoisotopic (exact) mass is 285 g/mol. The summed E-state index contributed by atoms with van der Waals surface area (Å²) in [5.74, 6) is 0. The lowest BCUT2D eigenvalue weighted by Crippen LogP contribution is -2.51. The molecule has 6 nitrogen and oxygen atoms in total. The molecule has 0 saturated carbocycles. The van der Waals surface area contributed by atoms with Crippen molar-refractivity contribution in [3.8, 4) is 0 Å². The summed E-state index contributed by atoms with van der Waals surface area (Å²) >= 11 is 0. The second kappa shape index (κ2) is 7.97. The number of nitrogens with zero attached hydrogens (tertiary/aromatic N) is 2. The van der Waals surface area contributed by atoms with Crippen molar-refractivity contribution in [2.45, 2.75) is 52.1 Å². The number of nitrogens with one attached hydrogen (secondary N) is 1. The smallest absolute Gasteiger partial charge is 0.409 e. The van der Waals surface area contributed by atoms with Crippen LogP contribution < -0.4 is 5.32 Å². The van der Waals surface area contributed by atoms with Gasteiger partial charge in [0.1, 0.15) is 0 Å². The summed E-state index contributed by atoms with van der Waals surface area (Å²) in [6.45, 7) is 7.56. The minimum absolute atomic E-state index is 0.0334. The first-order chi connectivity index (χ1) is 9.49. The molecule has 116 valence electrons. The van der Waals surface area contributed by atoms with Crippen LogP contribution in [0.15, 0.2) is 0 Å². The summed E-state index contributed by atoms with van der Waals surface area (Å²) in [7, 11) is 1.82. The van der Waals surface area contributed by atoms with Gasteiger partial charge in [0, 0.05) is 32.2 Å². The summed E-state index contributed by atoms with van der Waals surface area (Å²) < 4.78 is 4.97. The molecular formula is C14H27N3O3. The standard InChI is InChI=1S/C14H27N3O3/c1-5-11(3)16(4)13(18)15-12-7-9-17(10-8-12)14(19)20-6-2/h11-12H,5-10H2,1-4H3,(H,15,18)/t11-/m0/s1. The highest BCUT2D eigenvalue weighted by atomic mass is 16.6. The Labute approximate surface area is 121 Å². The Balaban J connectivity index is 2.35. The topological polar surface area (TPSA) is 61.9 Å². The molecule has 0 radical (unpaired) electrons. The highest BCUT2D eigenvalue weighted by Gasteiger charge is 2.25. The van der Waals surface area contributed by atoms with Gasteiger partial charge in [0.2, 0.25) is 0 Å². The van der Waals surface area contributed by atoms with E-state index in [0.717, 1.165) is 19.3 Å². The Hall–Kier alpha value is -1.46. The molecule has 0 aliphatic carbocycles. The van der Waals surface area contributed by atoms with Crippen molar-refractivity contribution < 1.29 is 14.3 Å². The van der Waals surface area contributed by atoms with Crippen LogP contribution in [0.5, 0.6) is 0 Å². The first-order valence-electron chi connectivity index (χ1n) is 7.44. The molecule has 1 atom stereocenters. The van der Waals surface area contributed by atoms with Crippen molar-refractivity contribution in [2.24, 2.45) is 0 Å². The van der Waals surface area contributed by atoms with Crippen LogP contribution in [0.2, 0.25) is 0 Å². The molecule has 1 fully saturated rings. The first-order valence-corrected chi connectivity index (χ1v) is 7.44. The molecule has 3 amide bonds. The van der Waals surface area contributed by atoms with E-state index in [-0.39, 0.29) is 24.2 Å². The molecule has 1 rings (SSSR count). The third-order valence-corrected chi connectivity index (χ3v) is 3.92. The average molecular weight is 285 g/mol. The molecule has 6 heteroatoms. The van der Waals surface area contributed by atoms with Crippen molar-refractivity contribution in [3.05, 3.63) is 0 Å². The maximum Gasteiger partial charge on any atom is 0.409 e. The van der Waals surface area contributed by atoms with Crippen LogP contribution in [-0.4, -0.2) is 60.8 Å². The fraction of sp³-hybridized carbons (Fsp3) is 0.857. The summed E-state index contributed by atoms with van der Waals surface area (Å²) in [6, 6.07) is 0.336. The van der Waals surface area contributed by atoms with Crippen molar-refractivity contribution in [1.29, 1.82) is 0 Å². The van der Waals surface area contributed by atoms with E-state index in [4.69, 9.17) is 4.74 Å². The number of likely N-dealkylation sites (tertiary alicyclic amines) is 1. The number of rotatable bonds is 4. The van der Waals surface area contributed by atoms with E-state index in [1.165, 1.54) is 0 Å². The van der Waals surface area contributed by atoms with E-state index in [9.17, 15) is 9.59 Å². The quantitative estimate of drug-likeness (QED) is 0.860. The molecule has 0 aromatic heterocycles. The number of carbonyl (C=O) groups excluding carboxylic acids is 2. The Bertz CT molecular complexity index is 328. The van der Waals surface area contributed by atoms with E-state index >= 15 is 0 Å². The lowest BCUT2D eigenvalue weighted by molar-refractivity contribution is 0.0950. The van der Waals surface area contributed by atoms with Gasteiger partial charge >= 0.3 is 12.1 Å². The normalized spacial score (nSPS) is 17.5. The highest BCUT2D eigenvalue weighted by Crippen LogP contribution is 2.12. The van der Waals surface area contributed by atoms with Gasteiger partial charge in [-0.3, -0.25) is 0 Å². The second-order valence-electron chi connectivity index (χ2n) is 5.28. The number of hydrogen-bond acceptors (Lipinski definition) is 3. The second-order valence-corrected chi connectivity index (χ2v) is 5.28. The van der Waals surface area contributed by atoms with Gasteiger partial charge in [0.15, 0.2) is 0 Å². The van der Waals surface area contributed by atoms with Crippen LogP contribution in [0.4, 0.5) is 9.59 Å². The number of ether oxygens (including phenoxy) is 1. The highest BCUT2D eigenvalue weighted by molar-refractivity contribution is 5.74. The van der Waals surface area contributed by atoms with Gasteiger partial charge < -0.3 is 19.9 Å². The van der Waals surface area contributed by atoms with Gasteiger partial charge in [0.05, 0.1) is 6.61 Å². The lowest BCUT2D eigenvalue weighted by atomic mass is 10.1. The van der Waals surface area contributed by atoms with Crippen LogP contribution >= 0.6 is 0 Å². The SMILES string of the molecule is CCOC(=O)N1CCC(NC(=O)N(C)[C@@H](C)CC)CC1. The third kappa shape index (κ3) is 4.58. The Kier molecular flexibility index (Phi) is 6.61. The maximum atomic E-state index is 12.0. The van der Waals surface area contributed by atoms with Crippen molar-refractivity contribution in [2.75, 3.05) is 26.7 Å². The molecule has 0 spiro atoms. The molecule has 0 aromatic carbocycles. The average Bonchev–Trinajstić information content (AvgIpc) is 2.46. The van der Waals surface area contributed by atoms with Gasteiger partial charge in [-0.1, -0.05) is 6.92 Å². The van der Waals surface area contributed by atoms with Crippen LogP contribution in [0, 0.1) is 0 Å². The summed E-state index contributed by atoms with van der Waals surface area (Å²) in [6.07, 6.45) is 2.23. The molecule has 1 heterocycles. The van der Waals surface area contributed by atoms with Crippen LogP contribution in [0.25, 0.3) is 0 Å². The number of hydrogen-bond donors (Lipinski definition) is 1. The van der Waals surface area contributed by atoms with E-state index in [2.05, 4.69) is 12.2 Å². The summed E-state index contributed by atoms with van der Waals surface area (Å²) in [4.78, 5) is 27.0. The largest absolute Gasteiger partial charge is 0.450 e. The van der Waals surface area contributed by atoms with Crippen molar-refractivity contribution in [1.82, 2.24) is 15.1 Å². The minimum Gasteiger partial charge on any atom is -0.450 e. The van der Waals surface area contributed by atoms with Gasteiger partial charge in [-0.05, 0) is 33.1 Å². The Morgan fingerprint density at radius 1 is 1.35 bits per heavy atom. The zero-order valence-corrected chi connectivity index (χ0v) is 13.0. The van der Waals surface area contributed by atoms with E-state index in [0.29, 0.717) is 19.7 Å². The van der Waals surface area contributed by atoms with Crippen LogP contribution in [0.3, 0.4) is 0 Å². The fourth-order valence-electron chi connectivity index (χ4n) is 2.17. The zero-order valence-electron chi connectivity index (χ0n) is 13.0. The molecule has 20 heavy (non-hydrogen) atoms. The third-order valence-electron chi connectivity index (χ3n) is 3.92. The molecule has 0 bridgehead atoms. The molecule has 1 aliphatic rings. The molecular weight excluding hydrogens is 258 g/mol. The van der Waals surface area contributed by atoms with Crippen molar-refractivity contribution in [3.63, 3.8) is 0 Å². The lowest BCUT2D eigenvalue weighted by Gasteiger charge is -2.33. The van der Waals surface area contributed by atoms with Crippen molar-refractivity contribution >= 4 is 12.1 Å². The van der Waals surface area contributed by atoms with Crippen LogP contribution in [0.1, 0.15) is 40.0 Å². The molecule has 1 aliphatic heterocycles. The van der Waals surface area contributed by atoms with Gasteiger partial charge in [-0.25, -0.2) is 9.59 Å². The van der Waals surface area contributed by atoms with E-state index in [1.807, 2.05) is 14.0 Å². The van der Waals surface area contributed by atoms with Gasteiger partial charge in [0.25, 0.3) is 0 Å². The fourth-order valence-corrected chi connectivity index (χ4v) is 2.17. The number of piperidine rings is 1. The maximum absolute atomic E-state index is 12.0. The predicted molar refractivity (Wildman–Crippen MR) is 77.7 cm³/mol. The van der Waals surface area contributed by atoms with Crippen LogP contribution in [-0.2, 0) is 4.74 Å². The first kappa shape index (κ1) is 16.6. The summed E-state index contributed by atoms with van der Waals surface area (Å²) in [5, 5.41) is 3.03. The molecule has 1 N–H and O–H groups in total. The number of amides is 3. The zero-order chi connectivity index (χ0) is 15.1. The summed E-state index contributed by atoms with van der Waals surface area (Å²) in [5.41, 5.74) is 0.